The van der Waals surface area contributed by atoms with Gasteiger partial charge in [0.15, 0.2) is 0 Å². The lowest BCUT2D eigenvalue weighted by atomic mass is 9.90. The molecule has 0 saturated heterocycles. The average Bonchev–Trinajstić information content (AvgIpc) is 2.67. The summed E-state index contributed by atoms with van der Waals surface area (Å²) in [6, 6.07) is 7.38. The summed E-state index contributed by atoms with van der Waals surface area (Å²) in [7, 11) is 0. The van der Waals surface area contributed by atoms with Crippen LogP contribution in [0.5, 0.6) is 0 Å². The Morgan fingerprint density at radius 2 is 1.68 bits per heavy atom. The lowest BCUT2D eigenvalue weighted by molar-refractivity contribution is 0.556. The van der Waals surface area contributed by atoms with E-state index in [0.29, 0.717) is 16.1 Å². The summed E-state index contributed by atoms with van der Waals surface area (Å²) < 4.78 is 1.70. The molecule has 0 bridgehead atoms. The van der Waals surface area contributed by atoms with Crippen molar-refractivity contribution in [3.63, 3.8) is 0 Å². The van der Waals surface area contributed by atoms with Crippen molar-refractivity contribution in [2.24, 2.45) is 0 Å². The molecule has 1 heterocycles. The van der Waals surface area contributed by atoms with Gasteiger partial charge in [0, 0.05) is 16.0 Å². The summed E-state index contributed by atoms with van der Waals surface area (Å²) in [4.78, 5) is 0. The maximum atomic E-state index is 6.39. The molecule has 5 heteroatoms. The van der Waals surface area contributed by atoms with Gasteiger partial charge < -0.3 is 0 Å². The zero-order chi connectivity index (χ0) is 14.2. The van der Waals surface area contributed by atoms with E-state index >= 15 is 0 Å². The van der Waals surface area contributed by atoms with Gasteiger partial charge in [-0.25, -0.2) is 4.68 Å². The molecule has 0 amide bonds. The standard InChI is InChI=1S/C14H15Cl3N2/c1-14(2,3)12-11(8-15)13(17)19(18-12)10-6-4-9(16)5-7-10/h4-7H,8H2,1-3H3. The fraction of sp³-hybridized carbons (Fsp3) is 0.357. The van der Waals surface area contributed by atoms with Gasteiger partial charge in [-0.2, -0.15) is 5.10 Å². The van der Waals surface area contributed by atoms with Gasteiger partial charge in [0.25, 0.3) is 0 Å². The van der Waals surface area contributed by atoms with Crippen molar-refractivity contribution < 1.29 is 0 Å². The minimum absolute atomic E-state index is 0.106. The second-order valence-electron chi connectivity index (χ2n) is 5.39. The third-order valence-electron chi connectivity index (χ3n) is 2.84. The van der Waals surface area contributed by atoms with Gasteiger partial charge >= 0.3 is 0 Å². The van der Waals surface area contributed by atoms with E-state index in [2.05, 4.69) is 25.9 Å². The molecule has 2 nitrogen and oxygen atoms in total. The number of aromatic nitrogens is 2. The van der Waals surface area contributed by atoms with Gasteiger partial charge in [-0.15, -0.1) is 11.6 Å². The first kappa shape index (κ1) is 14.7. The lowest BCUT2D eigenvalue weighted by Crippen LogP contribution is -2.14. The Kier molecular flexibility index (Phi) is 4.14. The van der Waals surface area contributed by atoms with Crippen molar-refractivity contribution >= 4 is 34.8 Å². The highest BCUT2D eigenvalue weighted by atomic mass is 35.5. The van der Waals surface area contributed by atoms with Gasteiger partial charge in [0.1, 0.15) is 5.15 Å². The minimum atomic E-state index is -0.106. The molecule has 19 heavy (non-hydrogen) atoms. The van der Waals surface area contributed by atoms with E-state index in [1.165, 1.54) is 0 Å². The SMILES string of the molecule is CC(C)(C)c1nn(-c2ccc(Cl)cc2)c(Cl)c1CCl. The van der Waals surface area contributed by atoms with Crippen LogP contribution in [0.1, 0.15) is 32.0 Å². The van der Waals surface area contributed by atoms with E-state index in [0.717, 1.165) is 16.9 Å². The third-order valence-corrected chi connectivity index (χ3v) is 3.74. The number of nitrogens with zero attached hydrogens (tertiary/aromatic N) is 2. The van der Waals surface area contributed by atoms with Crippen LogP contribution < -0.4 is 0 Å². The van der Waals surface area contributed by atoms with Crippen LogP contribution in [0, 0.1) is 0 Å². The molecule has 102 valence electrons. The quantitative estimate of drug-likeness (QED) is 0.695. The zero-order valence-corrected chi connectivity index (χ0v) is 13.3. The first-order chi connectivity index (χ1) is 8.84. The van der Waals surface area contributed by atoms with E-state index in [4.69, 9.17) is 34.8 Å². The van der Waals surface area contributed by atoms with Crippen LogP contribution in [0.2, 0.25) is 10.2 Å². The van der Waals surface area contributed by atoms with E-state index in [9.17, 15) is 0 Å². The number of rotatable bonds is 2. The summed E-state index contributed by atoms with van der Waals surface area (Å²) in [5.41, 5.74) is 2.57. The summed E-state index contributed by atoms with van der Waals surface area (Å²) in [5.74, 6) is 0.346. The van der Waals surface area contributed by atoms with Crippen LogP contribution in [-0.2, 0) is 11.3 Å². The Morgan fingerprint density at radius 3 is 2.11 bits per heavy atom. The molecule has 0 spiro atoms. The Morgan fingerprint density at radius 1 is 1.11 bits per heavy atom. The Bertz CT molecular complexity index is 580. The number of hydrogen-bond acceptors (Lipinski definition) is 1. The van der Waals surface area contributed by atoms with Crippen LogP contribution in [-0.4, -0.2) is 9.78 Å². The van der Waals surface area contributed by atoms with Crippen molar-refractivity contribution in [2.75, 3.05) is 0 Å². The number of hydrogen-bond donors (Lipinski definition) is 0. The van der Waals surface area contributed by atoms with Crippen molar-refractivity contribution in [3.8, 4) is 5.69 Å². The molecule has 0 saturated carbocycles. The van der Waals surface area contributed by atoms with Crippen molar-refractivity contribution in [1.29, 1.82) is 0 Å². The number of benzene rings is 1. The fourth-order valence-corrected chi connectivity index (χ4v) is 2.64. The highest BCUT2D eigenvalue weighted by Crippen LogP contribution is 2.32. The molecule has 0 aliphatic carbocycles. The molecule has 0 atom stereocenters. The van der Waals surface area contributed by atoms with Crippen LogP contribution in [0.4, 0.5) is 0 Å². The lowest BCUT2D eigenvalue weighted by Gasteiger charge is -2.16. The fourth-order valence-electron chi connectivity index (χ4n) is 1.90. The Hall–Kier alpha value is -0.700. The van der Waals surface area contributed by atoms with Crippen LogP contribution >= 0.6 is 34.8 Å². The second-order valence-corrected chi connectivity index (χ2v) is 6.45. The molecular formula is C14H15Cl3N2. The van der Waals surface area contributed by atoms with Crippen molar-refractivity contribution in [2.45, 2.75) is 32.1 Å². The van der Waals surface area contributed by atoms with E-state index in [-0.39, 0.29) is 5.41 Å². The number of alkyl halides is 1. The van der Waals surface area contributed by atoms with Gasteiger partial charge in [-0.1, -0.05) is 44.0 Å². The summed E-state index contributed by atoms with van der Waals surface area (Å²) in [6.45, 7) is 6.27. The van der Waals surface area contributed by atoms with Gasteiger partial charge in [-0.05, 0) is 24.3 Å². The number of halogens is 3. The molecule has 0 fully saturated rings. The first-order valence-corrected chi connectivity index (χ1v) is 7.23. The van der Waals surface area contributed by atoms with E-state index < -0.39 is 0 Å². The summed E-state index contributed by atoms with van der Waals surface area (Å²) in [5, 5.41) is 5.85. The van der Waals surface area contributed by atoms with Crippen LogP contribution in [0.3, 0.4) is 0 Å². The predicted molar refractivity (Wildman–Crippen MR) is 81.8 cm³/mol. The van der Waals surface area contributed by atoms with E-state index in [1.807, 2.05) is 24.3 Å². The predicted octanol–water partition coefficient (Wildman–Crippen LogP) is 5.22. The summed E-state index contributed by atoms with van der Waals surface area (Å²) in [6.07, 6.45) is 0. The largest absolute Gasteiger partial charge is 0.222 e. The van der Waals surface area contributed by atoms with E-state index in [1.54, 1.807) is 4.68 Å². The van der Waals surface area contributed by atoms with Crippen molar-refractivity contribution in [3.05, 3.63) is 45.7 Å². The maximum absolute atomic E-state index is 6.39. The highest BCUT2D eigenvalue weighted by Gasteiger charge is 2.25. The van der Waals surface area contributed by atoms with Crippen LogP contribution in [0.25, 0.3) is 5.69 Å². The van der Waals surface area contributed by atoms with Crippen LogP contribution in [0.15, 0.2) is 24.3 Å². The molecule has 0 radical (unpaired) electrons. The smallest absolute Gasteiger partial charge is 0.137 e. The van der Waals surface area contributed by atoms with Gasteiger partial charge in [0.2, 0.25) is 0 Å². The maximum Gasteiger partial charge on any atom is 0.137 e. The third kappa shape index (κ3) is 2.91. The molecule has 2 rings (SSSR count). The first-order valence-electron chi connectivity index (χ1n) is 5.94. The molecule has 0 aliphatic heterocycles. The van der Waals surface area contributed by atoms with Gasteiger partial charge in [0.05, 0.1) is 17.3 Å². The second kappa shape index (κ2) is 5.35. The molecule has 0 unspecified atom stereocenters. The topological polar surface area (TPSA) is 17.8 Å². The minimum Gasteiger partial charge on any atom is -0.222 e. The average molecular weight is 318 g/mol. The molecule has 0 aliphatic rings. The Balaban J connectivity index is 2.59. The Labute approximate surface area is 128 Å². The molecule has 1 aromatic heterocycles. The zero-order valence-electron chi connectivity index (χ0n) is 11.0. The summed E-state index contributed by atoms with van der Waals surface area (Å²) >= 11 is 18.3. The highest BCUT2D eigenvalue weighted by molar-refractivity contribution is 6.32. The normalized spacial score (nSPS) is 11.9. The molecule has 1 aromatic carbocycles. The van der Waals surface area contributed by atoms with Gasteiger partial charge in [-0.3, -0.25) is 0 Å². The molecular weight excluding hydrogens is 303 g/mol. The molecule has 2 aromatic rings. The van der Waals surface area contributed by atoms with Crippen molar-refractivity contribution in [1.82, 2.24) is 9.78 Å². The molecule has 0 N–H and O–H groups in total. The monoisotopic (exact) mass is 316 g/mol.